The lowest BCUT2D eigenvalue weighted by Gasteiger charge is -2.22. The molecule has 0 aromatic carbocycles. The Hall–Kier alpha value is -0.120. The van der Waals surface area contributed by atoms with E-state index in [4.69, 9.17) is 10.5 Å². The lowest BCUT2D eigenvalue weighted by molar-refractivity contribution is 0.0628. The largest absolute Gasteiger partial charge is 0.379 e. The topological polar surface area (TPSA) is 38.5 Å². The van der Waals surface area contributed by atoms with E-state index in [1.54, 1.807) is 7.11 Å². The molecule has 0 radical (unpaired) electrons. The molecule has 0 amide bonds. The Morgan fingerprint density at radius 3 is 2.10 bits per heavy atom. The van der Waals surface area contributed by atoms with Crippen LogP contribution in [0.2, 0.25) is 0 Å². The summed E-state index contributed by atoms with van der Waals surface area (Å²) in [6, 6.07) is 0.104. The molecule has 0 aromatic rings. The van der Waals surface area contributed by atoms with Gasteiger partial charge in [-0.2, -0.15) is 0 Å². The average Bonchev–Trinajstić information content (AvgIpc) is 1.81. The molecule has 10 heavy (non-hydrogen) atoms. The van der Waals surface area contributed by atoms with E-state index in [0.717, 1.165) is 6.54 Å². The molecule has 0 fully saturated rings. The molecular weight excluding hydrogens is 128 g/mol. The zero-order valence-electron chi connectivity index (χ0n) is 7.29. The van der Waals surface area contributed by atoms with Crippen LogP contribution in [-0.2, 0) is 4.74 Å². The Labute approximate surface area is 63.1 Å². The molecule has 0 heterocycles. The molecule has 3 heteroatoms. The minimum absolute atomic E-state index is 0.104. The molecule has 0 aliphatic rings. The third kappa shape index (κ3) is 3.82. The van der Waals surface area contributed by atoms with E-state index in [1.807, 2.05) is 21.0 Å². The summed E-state index contributed by atoms with van der Waals surface area (Å²) in [4.78, 5) is 2.07. The van der Waals surface area contributed by atoms with Crippen molar-refractivity contribution in [2.75, 3.05) is 27.7 Å². The molecule has 0 aromatic heterocycles. The van der Waals surface area contributed by atoms with E-state index >= 15 is 0 Å². The van der Waals surface area contributed by atoms with Gasteiger partial charge in [-0.25, -0.2) is 0 Å². The second kappa shape index (κ2) is 4.66. The summed E-state index contributed by atoms with van der Waals surface area (Å²) in [7, 11) is 5.71. The van der Waals surface area contributed by atoms with Crippen molar-refractivity contribution in [2.45, 2.75) is 19.1 Å². The van der Waals surface area contributed by atoms with Gasteiger partial charge in [-0.3, -0.25) is 0 Å². The van der Waals surface area contributed by atoms with Crippen LogP contribution in [0.3, 0.4) is 0 Å². The average molecular weight is 146 g/mol. The van der Waals surface area contributed by atoms with Gasteiger partial charge in [-0.15, -0.1) is 0 Å². The Morgan fingerprint density at radius 2 is 2.00 bits per heavy atom. The molecule has 2 unspecified atom stereocenters. The van der Waals surface area contributed by atoms with Crippen LogP contribution < -0.4 is 5.73 Å². The lowest BCUT2D eigenvalue weighted by atomic mass is 10.2. The number of ether oxygens (including phenoxy) is 1. The van der Waals surface area contributed by atoms with Gasteiger partial charge in [0.05, 0.1) is 6.10 Å². The van der Waals surface area contributed by atoms with Crippen LogP contribution in [0.25, 0.3) is 0 Å². The minimum Gasteiger partial charge on any atom is -0.379 e. The maximum absolute atomic E-state index is 5.64. The molecule has 0 saturated heterocycles. The number of nitrogens with zero attached hydrogens (tertiary/aromatic N) is 1. The summed E-state index contributed by atoms with van der Waals surface area (Å²) in [5.41, 5.74) is 5.64. The molecule has 0 spiro atoms. The molecular formula is C7H18N2O. The summed E-state index contributed by atoms with van der Waals surface area (Å²) in [6.45, 7) is 2.84. The van der Waals surface area contributed by atoms with Crippen LogP contribution in [0.1, 0.15) is 6.92 Å². The smallest absolute Gasteiger partial charge is 0.0845 e. The van der Waals surface area contributed by atoms with E-state index in [0.29, 0.717) is 0 Å². The number of hydrogen-bond donors (Lipinski definition) is 1. The highest BCUT2D eigenvalue weighted by molar-refractivity contribution is 4.70. The fraction of sp³-hybridized carbons (Fsp3) is 1.00. The maximum Gasteiger partial charge on any atom is 0.0845 e. The van der Waals surface area contributed by atoms with Gasteiger partial charge >= 0.3 is 0 Å². The molecule has 0 bridgehead atoms. The minimum atomic E-state index is 0.104. The van der Waals surface area contributed by atoms with Crippen molar-refractivity contribution in [3.8, 4) is 0 Å². The van der Waals surface area contributed by atoms with Crippen LogP contribution in [0, 0.1) is 0 Å². The summed E-state index contributed by atoms with van der Waals surface area (Å²) in [6.07, 6.45) is 0.148. The molecule has 0 aliphatic heterocycles. The van der Waals surface area contributed by atoms with Gasteiger partial charge in [0.15, 0.2) is 0 Å². The van der Waals surface area contributed by atoms with Gasteiger partial charge < -0.3 is 15.4 Å². The summed E-state index contributed by atoms with van der Waals surface area (Å²) in [5, 5.41) is 0. The first-order valence-corrected chi connectivity index (χ1v) is 3.51. The van der Waals surface area contributed by atoms with Gasteiger partial charge in [-0.1, -0.05) is 0 Å². The van der Waals surface area contributed by atoms with E-state index in [-0.39, 0.29) is 12.1 Å². The predicted octanol–water partition coefficient (Wildman–Crippen LogP) is -0.0898. The number of methoxy groups -OCH3 is 1. The van der Waals surface area contributed by atoms with Gasteiger partial charge in [0.1, 0.15) is 0 Å². The third-order valence-corrected chi connectivity index (χ3v) is 1.43. The predicted molar refractivity (Wildman–Crippen MR) is 43.0 cm³/mol. The molecule has 0 aliphatic carbocycles. The van der Waals surface area contributed by atoms with Crippen LogP contribution in [0.5, 0.6) is 0 Å². The Balaban J connectivity index is 3.60. The molecule has 0 saturated carbocycles. The van der Waals surface area contributed by atoms with Gasteiger partial charge in [0, 0.05) is 19.7 Å². The first-order valence-electron chi connectivity index (χ1n) is 3.51. The third-order valence-electron chi connectivity index (χ3n) is 1.43. The molecule has 0 rings (SSSR count). The Morgan fingerprint density at radius 1 is 1.50 bits per heavy atom. The van der Waals surface area contributed by atoms with E-state index in [1.165, 1.54) is 0 Å². The molecule has 3 nitrogen and oxygen atoms in total. The van der Waals surface area contributed by atoms with Crippen molar-refractivity contribution in [3.05, 3.63) is 0 Å². The number of nitrogens with two attached hydrogens (primary N) is 1. The number of hydrogen-bond acceptors (Lipinski definition) is 3. The van der Waals surface area contributed by atoms with E-state index in [9.17, 15) is 0 Å². The van der Waals surface area contributed by atoms with Crippen molar-refractivity contribution in [1.82, 2.24) is 4.90 Å². The van der Waals surface area contributed by atoms with Crippen molar-refractivity contribution in [3.63, 3.8) is 0 Å². The van der Waals surface area contributed by atoms with Crippen LogP contribution in [-0.4, -0.2) is 44.8 Å². The highest BCUT2D eigenvalue weighted by Gasteiger charge is 2.12. The Bertz CT molecular complexity index is 83.7. The summed E-state index contributed by atoms with van der Waals surface area (Å²) in [5.74, 6) is 0. The lowest BCUT2D eigenvalue weighted by Crippen LogP contribution is -2.40. The van der Waals surface area contributed by atoms with Crippen molar-refractivity contribution < 1.29 is 4.74 Å². The van der Waals surface area contributed by atoms with Crippen molar-refractivity contribution in [2.24, 2.45) is 5.73 Å². The van der Waals surface area contributed by atoms with Crippen LogP contribution >= 0.6 is 0 Å². The van der Waals surface area contributed by atoms with Crippen LogP contribution in [0.4, 0.5) is 0 Å². The molecule has 62 valence electrons. The monoisotopic (exact) mass is 146 g/mol. The quantitative estimate of drug-likeness (QED) is 0.602. The van der Waals surface area contributed by atoms with Gasteiger partial charge in [0.2, 0.25) is 0 Å². The van der Waals surface area contributed by atoms with Gasteiger partial charge in [0.25, 0.3) is 0 Å². The SMILES string of the molecule is COC(CN(C)C)C(C)N. The highest BCUT2D eigenvalue weighted by Crippen LogP contribution is 1.95. The van der Waals surface area contributed by atoms with Crippen molar-refractivity contribution >= 4 is 0 Å². The fourth-order valence-electron chi connectivity index (χ4n) is 0.815. The molecule has 2 atom stereocenters. The zero-order chi connectivity index (χ0) is 8.15. The van der Waals surface area contributed by atoms with Gasteiger partial charge in [-0.05, 0) is 21.0 Å². The zero-order valence-corrected chi connectivity index (χ0v) is 7.29. The summed E-state index contributed by atoms with van der Waals surface area (Å²) >= 11 is 0. The fourth-order valence-corrected chi connectivity index (χ4v) is 0.815. The normalized spacial score (nSPS) is 17.4. The van der Waals surface area contributed by atoms with Crippen LogP contribution in [0.15, 0.2) is 0 Å². The summed E-state index contributed by atoms with van der Waals surface area (Å²) < 4.78 is 5.16. The second-order valence-corrected chi connectivity index (χ2v) is 2.90. The van der Waals surface area contributed by atoms with E-state index < -0.39 is 0 Å². The molecule has 2 N–H and O–H groups in total. The number of rotatable bonds is 4. The first-order chi connectivity index (χ1) is 4.57. The second-order valence-electron chi connectivity index (χ2n) is 2.90. The highest BCUT2D eigenvalue weighted by atomic mass is 16.5. The first kappa shape index (κ1) is 9.88. The standard InChI is InChI=1S/C7H18N2O/c1-6(8)7(10-4)5-9(2)3/h6-7H,5,8H2,1-4H3. The number of likely N-dealkylation sites (N-methyl/N-ethyl adjacent to an activating group) is 1. The maximum atomic E-state index is 5.64. The van der Waals surface area contributed by atoms with Crippen molar-refractivity contribution in [1.29, 1.82) is 0 Å². The van der Waals surface area contributed by atoms with E-state index in [2.05, 4.69) is 4.90 Å². The Kier molecular flexibility index (Phi) is 4.60.